The van der Waals surface area contributed by atoms with Crippen LogP contribution >= 0.6 is 22.7 Å². The first-order valence-corrected chi connectivity index (χ1v) is 15.3. The lowest BCUT2D eigenvalue weighted by Gasteiger charge is -2.42. The summed E-state index contributed by atoms with van der Waals surface area (Å²) < 4.78 is 38.5. The van der Waals surface area contributed by atoms with Crippen LogP contribution in [0, 0.1) is 0 Å². The summed E-state index contributed by atoms with van der Waals surface area (Å²) in [6.07, 6.45) is -1.66. The number of ether oxygens (including phenoxy) is 1. The number of hydrogen-bond acceptors (Lipinski definition) is 15. The molecule has 0 aliphatic carbocycles. The van der Waals surface area contributed by atoms with Gasteiger partial charge in [0.2, 0.25) is 0 Å². The van der Waals surface area contributed by atoms with Crippen molar-refractivity contribution in [1.82, 2.24) is 24.9 Å². The first kappa shape index (κ1) is 29.4. The first-order chi connectivity index (χ1) is 19.9. The number of anilines is 2. The molecular formula is C22H24N8O9S3. The number of nitrogens with two attached hydrogens (primary N) is 1. The molecule has 0 saturated carbocycles. The Morgan fingerprint density at radius 3 is 2.69 bits per heavy atom. The maximum Gasteiger partial charge on any atom is 0.362 e. The number of oxime groups is 1. The fourth-order valence-corrected chi connectivity index (χ4v) is 6.37. The average molecular weight is 641 g/mol. The number of carbonyl (C=O) groups is 3. The third kappa shape index (κ3) is 6.21. The summed E-state index contributed by atoms with van der Waals surface area (Å²) in [5, 5.41) is 24.3. The van der Waals surface area contributed by atoms with E-state index >= 15 is 0 Å². The van der Waals surface area contributed by atoms with Crippen LogP contribution in [0.3, 0.4) is 0 Å². The molecule has 2 saturated heterocycles. The molecule has 2 aliphatic heterocycles. The SMILES string of the molecule is CC1[C@H](NC(=O)/C(=N\OC(COc2ccc3nc(NC4CNC4)sc3c2)C(=O)O)c2csc(N)n2)C(=O)N1S(=O)(=O)O. The van der Waals surface area contributed by atoms with Crippen LogP contribution in [-0.4, -0.2) is 99.8 Å². The maximum absolute atomic E-state index is 13.0. The van der Waals surface area contributed by atoms with Crippen molar-refractivity contribution in [3.8, 4) is 5.75 Å². The standard InChI is InChI=1S/C22H24N8O9S3/c1-9-16(19(32)30(9)42(35,36)37)28-18(31)17(13-8-40-21(23)26-13)29-39-14(20(33)34)7-38-11-2-3-12-15(4-11)41-22(27-12)25-10-5-24-6-10/h2-4,8-10,14,16,24H,5-7H2,1H3,(H2,23,26)(H,25,27)(H,28,31)(H,33,34)(H,35,36,37)/b29-17-/t9?,14?,16-/m0/s1. The Morgan fingerprint density at radius 1 is 1.33 bits per heavy atom. The molecular weight excluding hydrogens is 616 g/mol. The van der Waals surface area contributed by atoms with Crippen LogP contribution in [0.5, 0.6) is 5.75 Å². The molecule has 3 aromatic rings. The zero-order chi connectivity index (χ0) is 30.2. The number of carboxylic acid groups (broad SMARTS) is 1. The molecule has 2 aromatic heterocycles. The van der Waals surface area contributed by atoms with Crippen LogP contribution in [-0.2, 0) is 29.5 Å². The second-order valence-electron chi connectivity index (χ2n) is 9.21. The highest BCUT2D eigenvalue weighted by Gasteiger charge is 2.51. The smallest absolute Gasteiger partial charge is 0.362 e. The number of nitrogens with zero attached hydrogens (tertiary/aromatic N) is 4. The van der Waals surface area contributed by atoms with Crippen molar-refractivity contribution in [2.45, 2.75) is 31.2 Å². The van der Waals surface area contributed by atoms with Crippen LogP contribution < -0.4 is 26.4 Å². The van der Waals surface area contributed by atoms with Gasteiger partial charge >= 0.3 is 16.3 Å². The van der Waals surface area contributed by atoms with E-state index in [1.54, 1.807) is 18.2 Å². The number of carbonyl (C=O) groups excluding carboxylic acids is 2. The number of thiazole rings is 2. The molecule has 0 spiro atoms. The normalized spacial score (nSPS) is 20.0. The maximum atomic E-state index is 13.0. The van der Waals surface area contributed by atoms with E-state index in [4.69, 9.17) is 19.9 Å². The number of carboxylic acids is 1. The van der Waals surface area contributed by atoms with E-state index in [1.807, 2.05) is 0 Å². The predicted molar refractivity (Wildman–Crippen MR) is 151 cm³/mol. The number of fused-ring (bicyclic) bond motifs is 1. The van der Waals surface area contributed by atoms with Crippen LogP contribution in [0.15, 0.2) is 28.7 Å². The Balaban J connectivity index is 1.27. The summed E-state index contributed by atoms with van der Waals surface area (Å²) in [7, 11) is -4.81. The van der Waals surface area contributed by atoms with Gasteiger partial charge in [-0.05, 0) is 25.1 Å². The number of hydrogen-bond donors (Lipinski definition) is 6. The summed E-state index contributed by atoms with van der Waals surface area (Å²) in [6.45, 7) is 2.51. The number of amides is 2. The minimum Gasteiger partial charge on any atom is -0.489 e. The number of β-lactam (4-membered cyclic amide) rings is 1. The quantitative estimate of drug-likeness (QED) is 0.0632. The van der Waals surface area contributed by atoms with Gasteiger partial charge in [0.1, 0.15) is 24.1 Å². The summed E-state index contributed by atoms with van der Waals surface area (Å²) >= 11 is 2.39. The molecule has 2 aliphatic rings. The van der Waals surface area contributed by atoms with Crippen molar-refractivity contribution in [2.75, 3.05) is 30.7 Å². The number of benzene rings is 1. The molecule has 2 unspecified atom stereocenters. The summed E-state index contributed by atoms with van der Waals surface area (Å²) in [4.78, 5) is 50.7. The molecule has 42 heavy (non-hydrogen) atoms. The van der Waals surface area contributed by atoms with Crippen molar-refractivity contribution in [3.63, 3.8) is 0 Å². The first-order valence-electron chi connectivity index (χ1n) is 12.2. The molecule has 0 bridgehead atoms. The van der Waals surface area contributed by atoms with E-state index in [-0.39, 0.29) is 15.1 Å². The Kier molecular flexibility index (Phi) is 8.14. The topological polar surface area (TPSA) is 248 Å². The van der Waals surface area contributed by atoms with Gasteiger partial charge in [0.05, 0.1) is 22.3 Å². The number of rotatable bonds is 12. The van der Waals surface area contributed by atoms with Gasteiger partial charge in [0.15, 0.2) is 16.0 Å². The molecule has 1 aromatic carbocycles. The zero-order valence-corrected chi connectivity index (χ0v) is 24.0. The van der Waals surface area contributed by atoms with E-state index in [0.29, 0.717) is 11.8 Å². The minimum atomic E-state index is -4.81. The summed E-state index contributed by atoms with van der Waals surface area (Å²) in [5.74, 6) is -3.19. The van der Waals surface area contributed by atoms with Gasteiger partial charge in [-0.3, -0.25) is 14.1 Å². The Bertz CT molecular complexity index is 1670. The minimum absolute atomic E-state index is 0.0652. The monoisotopic (exact) mass is 640 g/mol. The summed E-state index contributed by atoms with van der Waals surface area (Å²) in [5.41, 5.74) is 5.80. The Morgan fingerprint density at radius 2 is 2.10 bits per heavy atom. The van der Waals surface area contributed by atoms with Crippen molar-refractivity contribution >= 4 is 77.0 Å². The molecule has 0 radical (unpaired) electrons. The van der Waals surface area contributed by atoms with E-state index in [1.165, 1.54) is 23.6 Å². The van der Waals surface area contributed by atoms with Gasteiger partial charge in [-0.1, -0.05) is 16.5 Å². The molecule has 5 rings (SSSR count). The largest absolute Gasteiger partial charge is 0.489 e. The van der Waals surface area contributed by atoms with E-state index < -0.39 is 58.6 Å². The van der Waals surface area contributed by atoms with Gasteiger partial charge in [-0.2, -0.15) is 8.42 Å². The van der Waals surface area contributed by atoms with Crippen molar-refractivity contribution in [1.29, 1.82) is 0 Å². The molecule has 4 heterocycles. The van der Waals surface area contributed by atoms with Crippen molar-refractivity contribution in [3.05, 3.63) is 29.3 Å². The van der Waals surface area contributed by atoms with Crippen LogP contribution in [0.25, 0.3) is 10.2 Å². The molecule has 224 valence electrons. The van der Waals surface area contributed by atoms with E-state index in [9.17, 15) is 27.9 Å². The molecule has 2 fully saturated rings. The number of nitrogen functional groups attached to an aromatic ring is 1. The van der Waals surface area contributed by atoms with Gasteiger partial charge in [0, 0.05) is 18.5 Å². The van der Waals surface area contributed by atoms with Gasteiger partial charge in [-0.25, -0.2) is 19.1 Å². The predicted octanol–water partition coefficient (Wildman–Crippen LogP) is -0.510. The fourth-order valence-electron chi connectivity index (χ4n) is 3.97. The lowest BCUT2D eigenvalue weighted by Crippen LogP contribution is -2.71. The zero-order valence-electron chi connectivity index (χ0n) is 21.6. The van der Waals surface area contributed by atoms with Crippen LogP contribution in [0.1, 0.15) is 12.6 Å². The number of aliphatic carboxylic acids is 1. The third-order valence-electron chi connectivity index (χ3n) is 6.27. The van der Waals surface area contributed by atoms with Gasteiger partial charge in [-0.15, -0.1) is 11.3 Å². The molecule has 7 N–H and O–H groups in total. The molecule has 20 heteroatoms. The van der Waals surface area contributed by atoms with Gasteiger partial charge in [0.25, 0.3) is 17.9 Å². The highest BCUT2D eigenvalue weighted by Crippen LogP contribution is 2.30. The average Bonchev–Trinajstić information content (AvgIpc) is 3.51. The highest BCUT2D eigenvalue weighted by molar-refractivity contribution is 7.84. The number of nitrogens with one attached hydrogen (secondary N) is 3. The van der Waals surface area contributed by atoms with Crippen molar-refractivity contribution in [2.24, 2.45) is 5.16 Å². The third-order valence-corrected chi connectivity index (χ3v) is 8.90. The second-order valence-corrected chi connectivity index (χ2v) is 12.4. The molecule has 2 amide bonds. The van der Waals surface area contributed by atoms with E-state index in [2.05, 4.69) is 31.1 Å². The lowest BCUT2D eigenvalue weighted by molar-refractivity contribution is -0.152. The Labute approximate surface area is 245 Å². The summed E-state index contributed by atoms with van der Waals surface area (Å²) in [6, 6.07) is 2.97. The number of aromatic nitrogens is 2. The van der Waals surface area contributed by atoms with E-state index in [0.717, 1.165) is 39.8 Å². The fraction of sp³-hybridized carbons (Fsp3) is 0.364. The van der Waals surface area contributed by atoms with Crippen molar-refractivity contribution < 1.29 is 42.0 Å². The Hall–Kier alpha value is -4.11. The second kappa shape index (κ2) is 11.6. The van der Waals surface area contributed by atoms with Crippen LogP contribution in [0.4, 0.5) is 10.3 Å². The lowest BCUT2D eigenvalue weighted by atomic mass is 10.0. The van der Waals surface area contributed by atoms with Crippen LogP contribution in [0.2, 0.25) is 0 Å². The van der Waals surface area contributed by atoms with Gasteiger partial charge < -0.3 is 36.4 Å². The molecule has 3 atom stereocenters. The highest BCUT2D eigenvalue weighted by atomic mass is 32.2. The molecule has 17 nitrogen and oxygen atoms in total.